The van der Waals surface area contributed by atoms with Crippen molar-refractivity contribution in [2.45, 2.75) is 33.1 Å². The van der Waals surface area contributed by atoms with Crippen LogP contribution in [0.25, 0.3) is 11.2 Å². The molecule has 0 fully saturated rings. The molecule has 0 unspecified atom stereocenters. The van der Waals surface area contributed by atoms with E-state index in [0.29, 0.717) is 30.1 Å². The predicted octanol–water partition coefficient (Wildman–Crippen LogP) is 0.901. The van der Waals surface area contributed by atoms with Crippen molar-refractivity contribution in [1.82, 2.24) is 18.7 Å². The van der Waals surface area contributed by atoms with Gasteiger partial charge in [0.15, 0.2) is 11.2 Å². The van der Waals surface area contributed by atoms with Gasteiger partial charge in [0.05, 0.1) is 6.61 Å². The number of aliphatic hydroxyl groups is 1. The Balaban J connectivity index is 2.18. The summed E-state index contributed by atoms with van der Waals surface area (Å²) in [6.07, 6.45) is 0.874. The zero-order valence-electron chi connectivity index (χ0n) is 15.8. The van der Waals surface area contributed by atoms with E-state index in [0.717, 1.165) is 22.1 Å². The number of benzene rings is 1. The lowest BCUT2D eigenvalue weighted by Gasteiger charge is -2.11. The monoisotopic (exact) mass is 372 g/mol. The molecule has 8 heteroatoms. The maximum atomic E-state index is 12.8. The summed E-state index contributed by atoms with van der Waals surface area (Å²) in [5.41, 5.74) is 1.62. The molecular weight excluding hydrogens is 348 g/mol. The summed E-state index contributed by atoms with van der Waals surface area (Å²) >= 11 is 0. The lowest BCUT2D eigenvalue weighted by Crippen LogP contribution is -2.37. The van der Waals surface area contributed by atoms with E-state index in [1.54, 1.807) is 11.6 Å². The van der Waals surface area contributed by atoms with Crippen molar-refractivity contribution in [2.75, 3.05) is 6.61 Å². The topological polar surface area (TPSA) is 91.3 Å². The van der Waals surface area contributed by atoms with Crippen LogP contribution in [0.15, 0.2) is 33.9 Å². The summed E-state index contributed by atoms with van der Waals surface area (Å²) in [6.45, 7) is 3.19. The first-order chi connectivity index (χ1) is 13.0. The summed E-state index contributed by atoms with van der Waals surface area (Å²) in [5.74, 6) is 0.589. The second-order valence-electron chi connectivity index (χ2n) is 6.52. The van der Waals surface area contributed by atoms with Crippen LogP contribution in [0.3, 0.4) is 0 Å². The van der Waals surface area contributed by atoms with Crippen LogP contribution in [0.2, 0.25) is 0 Å². The Morgan fingerprint density at radius 1 is 1.15 bits per heavy atom. The molecule has 0 spiro atoms. The van der Waals surface area contributed by atoms with Gasteiger partial charge < -0.3 is 14.4 Å². The second-order valence-corrected chi connectivity index (χ2v) is 6.52. The Bertz CT molecular complexity index is 1080. The summed E-state index contributed by atoms with van der Waals surface area (Å²) in [5, 5.41) is 9.37. The summed E-state index contributed by atoms with van der Waals surface area (Å²) in [7, 11) is 3.06. The van der Waals surface area contributed by atoms with E-state index in [4.69, 9.17) is 4.74 Å². The van der Waals surface area contributed by atoms with Crippen molar-refractivity contribution >= 4 is 11.2 Å². The number of nitrogens with zero attached hydrogens (tertiary/aromatic N) is 4. The molecule has 0 aliphatic rings. The van der Waals surface area contributed by atoms with E-state index in [2.05, 4.69) is 4.98 Å². The minimum atomic E-state index is -0.416. The molecule has 0 atom stereocenters. The van der Waals surface area contributed by atoms with Crippen LogP contribution in [0.1, 0.15) is 30.3 Å². The minimum absolute atomic E-state index is 0.0543. The van der Waals surface area contributed by atoms with Crippen molar-refractivity contribution in [3.05, 3.63) is 62.1 Å². The highest BCUT2D eigenvalue weighted by Crippen LogP contribution is 2.16. The van der Waals surface area contributed by atoms with Crippen molar-refractivity contribution in [1.29, 1.82) is 0 Å². The van der Waals surface area contributed by atoms with Crippen molar-refractivity contribution in [2.24, 2.45) is 14.1 Å². The van der Waals surface area contributed by atoms with E-state index in [9.17, 15) is 14.7 Å². The third kappa shape index (κ3) is 3.58. The first kappa shape index (κ1) is 19.1. The summed E-state index contributed by atoms with van der Waals surface area (Å²) < 4.78 is 9.90. The number of imidazole rings is 1. The maximum absolute atomic E-state index is 12.8. The molecule has 0 aliphatic heterocycles. The zero-order valence-corrected chi connectivity index (χ0v) is 15.8. The molecule has 0 bridgehead atoms. The van der Waals surface area contributed by atoms with E-state index in [1.165, 1.54) is 11.6 Å². The molecule has 0 saturated heterocycles. The molecule has 8 nitrogen and oxygen atoms in total. The van der Waals surface area contributed by atoms with Gasteiger partial charge in [-0.3, -0.25) is 13.9 Å². The van der Waals surface area contributed by atoms with Crippen LogP contribution in [0.4, 0.5) is 0 Å². The Morgan fingerprint density at radius 3 is 2.59 bits per heavy atom. The highest BCUT2D eigenvalue weighted by atomic mass is 16.5. The quantitative estimate of drug-likeness (QED) is 0.622. The lowest BCUT2D eigenvalue weighted by molar-refractivity contribution is 0.114. The van der Waals surface area contributed by atoms with Gasteiger partial charge in [-0.1, -0.05) is 31.2 Å². The normalized spacial score (nSPS) is 11.4. The third-order valence-electron chi connectivity index (χ3n) is 4.52. The molecule has 2 aromatic heterocycles. The molecule has 0 amide bonds. The molecule has 0 saturated carbocycles. The minimum Gasteiger partial charge on any atom is -0.392 e. The largest absolute Gasteiger partial charge is 0.392 e. The molecule has 3 aromatic rings. The van der Waals surface area contributed by atoms with Crippen LogP contribution >= 0.6 is 0 Å². The number of aliphatic hydroxyl groups excluding tert-OH is 1. The van der Waals surface area contributed by atoms with Gasteiger partial charge in [0.25, 0.3) is 5.56 Å². The average Bonchev–Trinajstić information content (AvgIpc) is 3.03. The number of hydrogen-bond donors (Lipinski definition) is 1. The number of rotatable bonds is 7. The van der Waals surface area contributed by atoms with Crippen LogP contribution < -0.4 is 11.2 Å². The lowest BCUT2D eigenvalue weighted by atomic mass is 10.1. The first-order valence-electron chi connectivity index (χ1n) is 8.89. The fourth-order valence-electron chi connectivity index (χ4n) is 3.09. The number of fused-ring (bicyclic) bond motifs is 1. The van der Waals surface area contributed by atoms with Crippen LogP contribution in [0.5, 0.6) is 0 Å². The first-order valence-corrected chi connectivity index (χ1v) is 8.89. The summed E-state index contributed by atoms with van der Waals surface area (Å²) in [6, 6.07) is 7.51. The van der Waals surface area contributed by atoms with Gasteiger partial charge in [-0.15, -0.1) is 0 Å². The van der Waals surface area contributed by atoms with Gasteiger partial charge in [-0.25, -0.2) is 9.78 Å². The third-order valence-corrected chi connectivity index (χ3v) is 4.52. The smallest absolute Gasteiger partial charge is 0.332 e. The van der Waals surface area contributed by atoms with E-state index >= 15 is 0 Å². The fourth-order valence-corrected chi connectivity index (χ4v) is 3.09. The molecule has 2 heterocycles. The number of ether oxygens (including phenoxy) is 1. The molecule has 0 radical (unpaired) electrons. The molecule has 0 aliphatic carbocycles. The van der Waals surface area contributed by atoms with Crippen LogP contribution in [0, 0.1) is 0 Å². The van der Waals surface area contributed by atoms with Gasteiger partial charge in [-0.05, 0) is 17.5 Å². The van der Waals surface area contributed by atoms with Crippen LogP contribution in [-0.2, 0) is 38.6 Å². The predicted molar refractivity (Wildman–Crippen MR) is 102 cm³/mol. The molecular formula is C19H24N4O4. The zero-order chi connectivity index (χ0) is 19.6. The Labute approximate surface area is 156 Å². The van der Waals surface area contributed by atoms with E-state index < -0.39 is 5.69 Å². The van der Waals surface area contributed by atoms with Crippen molar-refractivity contribution in [3.63, 3.8) is 0 Å². The molecule has 144 valence electrons. The van der Waals surface area contributed by atoms with Gasteiger partial charge in [0.2, 0.25) is 0 Å². The SMILES string of the molecule is CCCOCc1nc2c(c(=O)n(C)c(=O)n2C)n1Cc1cccc(CO)c1. The van der Waals surface area contributed by atoms with Crippen molar-refractivity contribution in [3.8, 4) is 0 Å². The van der Waals surface area contributed by atoms with E-state index in [1.807, 2.05) is 31.2 Å². The highest BCUT2D eigenvalue weighted by Gasteiger charge is 2.19. The standard InChI is InChI=1S/C19H24N4O4/c1-4-8-27-12-15-20-17-16(18(25)22(3)19(26)21(17)2)23(15)10-13-6-5-7-14(9-13)11-24/h5-7,9,24H,4,8,10-12H2,1-3H3. The number of aryl methyl sites for hydroxylation is 1. The number of hydrogen-bond acceptors (Lipinski definition) is 5. The molecule has 3 rings (SSSR count). The Morgan fingerprint density at radius 2 is 1.89 bits per heavy atom. The average molecular weight is 372 g/mol. The molecule has 1 aromatic carbocycles. The van der Waals surface area contributed by atoms with Gasteiger partial charge in [0, 0.05) is 27.2 Å². The second kappa shape index (κ2) is 7.89. The molecule has 27 heavy (non-hydrogen) atoms. The highest BCUT2D eigenvalue weighted by molar-refractivity contribution is 5.71. The molecule has 1 N–H and O–H groups in total. The van der Waals surface area contributed by atoms with Gasteiger partial charge in [0.1, 0.15) is 12.4 Å². The number of aromatic nitrogens is 4. The van der Waals surface area contributed by atoms with Gasteiger partial charge in [-0.2, -0.15) is 0 Å². The Hall–Kier alpha value is -2.71. The van der Waals surface area contributed by atoms with Crippen LogP contribution in [-0.4, -0.2) is 30.4 Å². The van der Waals surface area contributed by atoms with Gasteiger partial charge >= 0.3 is 5.69 Å². The maximum Gasteiger partial charge on any atom is 0.332 e. The van der Waals surface area contributed by atoms with E-state index in [-0.39, 0.29) is 18.8 Å². The summed E-state index contributed by atoms with van der Waals surface area (Å²) in [4.78, 5) is 29.6. The Kier molecular flexibility index (Phi) is 5.57. The fraction of sp³-hybridized carbons (Fsp3) is 0.421. The van der Waals surface area contributed by atoms with Crippen molar-refractivity contribution < 1.29 is 9.84 Å².